The summed E-state index contributed by atoms with van der Waals surface area (Å²) in [6.45, 7) is 7.63. The average molecular weight is 568 g/mol. The number of nitrogens with one attached hydrogen (secondary N) is 1. The van der Waals surface area contributed by atoms with Gasteiger partial charge in [0.2, 0.25) is 0 Å². The number of rotatable bonds is 7. The van der Waals surface area contributed by atoms with Crippen LogP contribution in [0.2, 0.25) is 0 Å². The van der Waals surface area contributed by atoms with E-state index in [1.54, 1.807) is 23.7 Å². The van der Waals surface area contributed by atoms with E-state index in [2.05, 4.69) is 36.7 Å². The molecule has 0 radical (unpaired) electrons. The molecular weight excluding hydrogens is 533 g/mol. The van der Waals surface area contributed by atoms with Crippen molar-refractivity contribution in [3.05, 3.63) is 112 Å². The monoisotopic (exact) mass is 567 g/mol. The van der Waals surface area contributed by atoms with E-state index in [4.69, 9.17) is 9.41 Å². The topological polar surface area (TPSA) is 59.5 Å². The summed E-state index contributed by atoms with van der Waals surface area (Å²) in [5.41, 5.74) is 4.57. The van der Waals surface area contributed by atoms with Crippen molar-refractivity contribution in [2.45, 2.75) is 53.1 Å². The number of thiophene rings is 1. The van der Waals surface area contributed by atoms with Crippen molar-refractivity contribution in [2.75, 3.05) is 0 Å². The van der Waals surface area contributed by atoms with E-state index in [0.717, 1.165) is 46.3 Å². The molecule has 1 N–H and O–H groups in total. The fraction of sp³-hybridized carbons (Fsp3) is 0.294. The molecule has 1 amide bonds. The Bertz CT molecular complexity index is 1720. The quantitative estimate of drug-likeness (QED) is 0.201. The molecule has 0 unspecified atom stereocenters. The lowest BCUT2D eigenvalue weighted by atomic mass is 9.72. The van der Waals surface area contributed by atoms with Gasteiger partial charge in [0.1, 0.15) is 16.6 Å². The van der Waals surface area contributed by atoms with Gasteiger partial charge in [0.05, 0.1) is 24.9 Å². The van der Waals surface area contributed by atoms with Crippen LogP contribution in [0.5, 0.6) is 0 Å². The molecule has 5 aromatic rings. The van der Waals surface area contributed by atoms with E-state index in [1.165, 1.54) is 10.9 Å². The number of carbonyl (C=O) groups is 1. The number of hydrogen-bond donors (Lipinski definition) is 1. The van der Waals surface area contributed by atoms with E-state index in [9.17, 15) is 9.18 Å². The van der Waals surface area contributed by atoms with Crippen LogP contribution in [-0.4, -0.2) is 16.7 Å². The lowest BCUT2D eigenvalue weighted by molar-refractivity contribution is 0.0947. The van der Waals surface area contributed by atoms with Crippen LogP contribution in [0, 0.1) is 17.2 Å². The van der Waals surface area contributed by atoms with Crippen molar-refractivity contribution in [3.63, 3.8) is 0 Å². The van der Waals surface area contributed by atoms with Crippen LogP contribution >= 0.6 is 11.3 Å². The van der Waals surface area contributed by atoms with Gasteiger partial charge in [-0.1, -0.05) is 57.2 Å². The Morgan fingerprint density at radius 1 is 1.15 bits per heavy atom. The molecular formula is C34H34FN3O2S. The first kappa shape index (κ1) is 27.2. The molecule has 3 heterocycles. The highest BCUT2D eigenvalue weighted by Gasteiger charge is 2.33. The number of nitrogens with zero attached hydrogens (tertiary/aromatic N) is 2. The van der Waals surface area contributed by atoms with Gasteiger partial charge in [-0.2, -0.15) is 0 Å². The van der Waals surface area contributed by atoms with Crippen molar-refractivity contribution in [3.8, 4) is 0 Å². The Kier molecular flexibility index (Phi) is 7.39. The van der Waals surface area contributed by atoms with Crippen molar-refractivity contribution in [1.29, 1.82) is 0 Å². The lowest BCUT2D eigenvalue weighted by Crippen LogP contribution is -2.28. The van der Waals surface area contributed by atoms with Crippen molar-refractivity contribution >= 4 is 39.4 Å². The number of benzene rings is 2. The maximum Gasteiger partial charge on any atom is 0.255 e. The highest BCUT2D eigenvalue weighted by Crippen LogP contribution is 2.45. The Labute approximate surface area is 243 Å². The molecule has 41 heavy (non-hydrogen) atoms. The van der Waals surface area contributed by atoms with Gasteiger partial charge < -0.3 is 14.3 Å². The van der Waals surface area contributed by atoms with Crippen LogP contribution in [0.4, 0.5) is 9.39 Å². The molecule has 1 aliphatic carbocycles. The molecule has 0 bridgehead atoms. The van der Waals surface area contributed by atoms with Gasteiger partial charge in [-0.25, -0.2) is 9.38 Å². The number of aromatic nitrogens is 1. The predicted octanol–water partition coefficient (Wildman–Crippen LogP) is 8.31. The summed E-state index contributed by atoms with van der Waals surface area (Å²) in [6, 6.07) is 18.6. The van der Waals surface area contributed by atoms with Gasteiger partial charge >= 0.3 is 0 Å². The summed E-state index contributed by atoms with van der Waals surface area (Å²) in [5, 5.41) is 4.81. The number of carbonyl (C=O) groups excluding carboxylic acids is 1. The third-order valence-corrected chi connectivity index (χ3v) is 9.30. The van der Waals surface area contributed by atoms with Gasteiger partial charge in [0.25, 0.3) is 5.91 Å². The highest BCUT2D eigenvalue weighted by molar-refractivity contribution is 7.16. The molecule has 1 atom stereocenters. The van der Waals surface area contributed by atoms with E-state index >= 15 is 0 Å². The molecule has 0 saturated carbocycles. The van der Waals surface area contributed by atoms with E-state index in [0.29, 0.717) is 35.9 Å². The van der Waals surface area contributed by atoms with Crippen LogP contribution in [0.1, 0.15) is 64.9 Å². The number of hydrogen-bond acceptors (Lipinski definition) is 4. The molecule has 5 nitrogen and oxygen atoms in total. The minimum atomic E-state index is -0.219. The largest absolute Gasteiger partial charge is 0.467 e. The second-order valence-electron chi connectivity index (χ2n) is 11.8. The summed E-state index contributed by atoms with van der Waals surface area (Å²) in [4.78, 5) is 19.8. The van der Waals surface area contributed by atoms with Crippen LogP contribution in [-0.2, 0) is 25.9 Å². The molecule has 0 spiro atoms. The molecule has 210 valence electrons. The smallest absolute Gasteiger partial charge is 0.255 e. The third kappa shape index (κ3) is 5.64. The summed E-state index contributed by atoms with van der Waals surface area (Å²) in [5.74, 6) is 0.925. The van der Waals surface area contributed by atoms with Gasteiger partial charge in [0, 0.05) is 39.3 Å². The van der Waals surface area contributed by atoms with Crippen LogP contribution in [0.25, 0.3) is 10.9 Å². The lowest BCUT2D eigenvalue weighted by Gasteiger charge is -2.33. The maximum atomic E-state index is 14.5. The predicted molar refractivity (Wildman–Crippen MR) is 164 cm³/mol. The van der Waals surface area contributed by atoms with Crippen molar-refractivity contribution in [1.82, 2.24) is 9.88 Å². The second-order valence-corrected chi connectivity index (χ2v) is 12.9. The summed E-state index contributed by atoms with van der Waals surface area (Å²) >= 11 is 1.63. The average Bonchev–Trinajstić information content (AvgIpc) is 3.69. The fourth-order valence-corrected chi connectivity index (χ4v) is 7.02. The summed E-state index contributed by atoms with van der Waals surface area (Å²) in [6.07, 6.45) is 8.36. The Morgan fingerprint density at radius 3 is 2.73 bits per heavy atom. The summed E-state index contributed by atoms with van der Waals surface area (Å²) in [7, 11) is 0. The Balaban J connectivity index is 1.35. The summed E-state index contributed by atoms with van der Waals surface area (Å²) < 4.78 is 21.9. The molecule has 6 rings (SSSR count). The van der Waals surface area contributed by atoms with Crippen LogP contribution in [0.15, 0.2) is 82.5 Å². The molecule has 2 aromatic carbocycles. The first-order valence-electron chi connectivity index (χ1n) is 14.1. The molecule has 7 heteroatoms. The number of fused-ring (bicyclic) bond motifs is 2. The number of para-hydroxylation sites is 1. The van der Waals surface area contributed by atoms with E-state index in [1.807, 2.05) is 54.9 Å². The van der Waals surface area contributed by atoms with Gasteiger partial charge in [-0.15, -0.1) is 11.3 Å². The first-order valence-corrected chi connectivity index (χ1v) is 14.9. The SMILES string of the molecule is CC(C)(C)[C@@H]1CCc2c(sc(N=Cc3cn(Cc4ccccc4F)c4ccccc34)c2C(=O)NCc2ccco2)C1. The second kappa shape index (κ2) is 11.1. The zero-order valence-corrected chi connectivity index (χ0v) is 24.4. The van der Waals surface area contributed by atoms with Gasteiger partial charge in [-0.05, 0) is 60.4 Å². The van der Waals surface area contributed by atoms with Crippen LogP contribution in [0.3, 0.4) is 0 Å². The highest BCUT2D eigenvalue weighted by atomic mass is 32.1. The molecule has 0 saturated heterocycles. The first-order chi connectivity index (χ1) is 19.8. The molecule has 1 aliphatic rings. The van der Waals surface area contributed by atoms with E-state index < -0.39 is 0 Å². The number of furan rings is 1. The van der Waals surface area contributed by atoms with E-state index in [-0.39, 0.29) is 17.1 Å². The van der Waals surface area contributed by atoms with Crippen molar-refractivity contribution < 1.29 is 13.6 Å². The van der Waals surface area contributed by atoms with Crippen molar-refractivity contribution in [2.24, 2.45) is 16.3 Å². The van der Waals surface area contributed by atoms with Gasteiger partial charge in [0.15, 0.2) is 0 Å². The number of halogens is 1. The normalized spacial score (nSPS) is 15.5. The standard InChI is InChI=1S/C34H34FN3O2S/c1-34(2,3)24-14-15-27-30(17-24)41-33(31(27)32(39)36-19-25-10-8-16-40-25)37-18-23-21-38(29-13-7-5-11-26(23)29)20-22-9-4-6-12-28(22)35/h4-13,16,18,21,24H,14-15,17,19-20H2,1-3H3,(H,36,39)/t24-/m1/s1. The molecule has 3 aromatic heterocycles. The maximum absolute atomic E-state index is 14.5. The zero-order valence-electron chi connectivity index (χ0n) is 23.6. The molecule has 0 fully saturated rings. The number of aliphatic imine (C=N–C) groups is 1. The van der Waals surface area contributed by atoms with Crippen LogP contribution < -0.4 is 5.32 Å². The minimum absolute atomic E-state index is 0.123. The van der Waals surface area contributed by atoms with Gasteiger partial charge in [-0.3, -0.25) is 4.79 Å². The number of amides is 1. The third-order valence-electron chi connectivity index (χ3n) is 8.14. The molecule has 0 aliphatic heterocycles. The fourth-order valence-electron chi connectivity index (χ4n) is 5.75. The Morgan fingerprint density at radius 2 is 1.95 bits per heavy atom. The Hall–Kier alpha value is -3.97. The minimum Gasteiger partial charge on any atom is -0.467 e. The zero-order chi connectivity index (χ0) is 28.6.